The molecule has 1 aromatic carbocycles. The number of nitrogens with zero attached hydrogens (tertiary/aromatic N) is 2. The number of imidazole rings is 1. The van der Waals surface area contributed by atoms with E-state index in [2.05, 4.69) is 4.98 Å². The predicted octanol–water partition coefficient (Wildman–Crippen LogP) is 1.66. The van der Waals surface area contributed by atoms with Gasteiger partial charge in [0.25, 0.3) is 0 Å². The van der Waals surface area contributed by atoms with Gasteiger partial charge in [-0.3, -0.25) is 4.79 Å². The maximum Gasteiger partial charge on any atom is 0.240 e. The number of halogens is 1. The Labute approximate surface area is 104 Å². The second-order valence-corrected chi connectivity index (χ2v) is 4.13. The van der Waals surface area contributed by atoms with Crippen molar-refractivity contribution in [3.63, 3.8) is 0 Å². The summed E-state index contributed by atoms with van der Waals surface area (Å²) in [5, 5.41) is 0. The Morgan fingerprint density at radius 3 is 2.72 bits per heavy atom. The van der Waals surface area contributed by atoms with Crippen LogP contribution in [0, 0.1) is 5.82 Å². The molecule has 1 amide bonds. The van der Waals surface area contributed by atoms with Crippen molar-refractivity contribution >= 4 is 5.91 Å². The lowest BCUT2D eigenvalue weighted by atomic mass is 10.1. The molecule has 0 aliphatic heterocycles. The monoisotopic (exact) mass is 247 g/mol. The lowest BCUT2D eigenvalue weighted by Gasteiger charge is -2.12. The van der Waals surface area contributed by atoms with Crippen LogP contribution >= 0.6 is 0 Å². The topological polar surface area (TPSA) is 60.9 Å². The van der Waals surface area contributed by atoms with Crippen molar-refractivity contribution in [3.05, 3.63) is 53.9 Å². The number of benzene rings is 1. The average Bonchev–Trinajstić information content (AvgIpc) is 2.79. The molecule has 4 nitrogen and oxygen atoms in total. The van der Waals surface area contributed by atoms with Crippen molar-refractivity contribution < 1.29 is 9.18 Å². The average molecular weight is 247 g/mol. The van der Waals surface area contributed by atoms with Crippen LogP contribution in [-0.4, -0.2) is 15.5 Å². The van der Waals surface area contributed by atoms with Gasteiger partial charge in [0.15, 0.2) is 0 Å². The minimum atomic E-state index is -0.442. The quantitative estimate of drug-likeness (QED) is 0.893. The van der Waals surface area contributed by atoms with E-state index in [0.29, 0.717) is 6.42 Å². The fraction of sp³-hybridized carbons (Fsp3) is 0.231. The first-order chi connectivity index (χ1) is 8.58. The third kappa shape index (κ3) is 2.56. The van der Waals surface area contributed by atoms with Crippen LogP contribution in [0.4, 0.5) is 4.39 Å². The molecule has 1 atom stereocenters. The molecule has 0 fully saturated rings. The summed E-state index contributed by atoms with van der Waals surface area (Å²) < 4.78 is 14.5. The summed E-state index contributed by atoms with van der Waals surface area (Å²) in [4.78, 5) is 15.4. The Morgan fingerprint density at radius 2 is 2.11 bits per heavy atom. The lowest BCUT2D eigenvalue weighted by Crippen LogP contribution is -2.25. The summed E-state index contributed by atoms with van der Waals surface area (Å²) in [5.41, 5.74) is 6.20. The summed E-state index contributed by atoms with van der Waals surface area (Å²) in [6, 6.07) is 5.76. The molecule has 0 saturated heterocycles. The second-order valence-electron chi connectivity index (χ2n) is 4.13. The summed E-state index contributed by atoms with van der Waals surface area (Å²) in [5.74, 6) is 0.0499. The third-order valence-electron chi connectivity index (χ3n) is 2.85. The number of aromatic nitrogens is 2. The fourth-order valence-electron chi connectivity index (χ4n) is 1.76. The summed E-state index contributed by atoms with van der Waals surface area (Å²) in [7, 11) is 0. The Hall–Kier alpha value is -2.17. The third-order valence-corrected chi connectivity index (χ3v) is 2.85. The fourth-order valence-corrected chi connectivity index (χ4v) is 1.76. The number of rotatable bonds is 4. The first-order valence-corrected chi connectivity index (χ1v) is 5.63. The largest absolute Gasteiger partial charge is 0.368 e. The van der Waals surface area contributed by atoms with Crippen LogP contribution in [0.15, 0.2) is 36.7 Å². The van der Waals surface area contributed by atoms with Crippen LogP contribution in [0.5, 0.6) is 0 Å². The van der Waals surface area contributed by atoms with Crippen molar-refractivity contribution in [2.24, 2.45) is 5.73 Å². The molecule has 1 unspecified atom stereocenters. The highest BCUT2D eigenvalue weighted by Gasteiger charge is 2.14. The molecule has 1 heterocycles. The van der Waals surface area contributed by atoms with Crippen molar-refractivity contribution in [1.29, 1.82) is 0 Å². The van der Waals surface area contributed by atoms with Gasteiger partial charge in [0.05, 0.1) is 0 Å². The Balaban J connectivity index is 2.22. The summed E-state index contributed by atoms with van der Waals surface area (Å²) in [6.45, 7) is 1.72. The molecular formula is C13H14FN3O. The van der Waals surface area contributed by atoms with Gasteiger partial charge in [-0.15, -0.1) is 0 Å². The van der Waals surface area contributed by atoms with Crippen LogP contribution in [0.3, 0.4) is 0 Å². The minimum absolute atomic E-state index is 0.271. The van der Waals surface area contributed by atoms with Gasteiger partial charge in [-0.05, 0) is 24.6 Å². The highest BCUT2D eigenvalue weighted by atomic mass is 19.1. The molecule has 0 bridgehead atoms. The molecule has 0 radical (unpaired) electrons. The molecule has 2 rings (SSSR count). The van der Waals surface area contributed by atoms with E-state index in [9.17, 15) is 9.18 Å². The number of amides is 1. The maximum absolute atomic E-state index is 12.8. The predicted molar refractivity (Wildman–Crippen MR) is 65.3 cm³/mol. The van der Waals surface area contributed by atoms with Crippen molar-refractivity contribution in [2.75, 3.05) is 0 Å². The molecular weight excluding hydrogens is 233 g/mol. The van der Waals surface area contributed by atoms with Crippen molar-refractivity contribution in [1.82, 2.24) is 9.55 Å². The second kappa shape index (κ2) is 5.00. The minimum Gasteiger partial charge on any atom is -0.368 e. The van der Waals surface area contributed by atoms with Crippen LogP contribution in [-0.2, 0) is 11.2 Å². The van der Waals surface area contributed by atoms with Crippen LogP contribution < -0.4 is 5.73 Å². The zero-order chi connectivity index (χ0) is 13.1. The molecule has 2 N–H and O–H groups in total. The van der Waals surface area contributed by atoms with Gasteiger partial charge < -0.3 is 10.3 Å². The van der Waals surface area contributed by atoms with E-state index >= 15 is 0 Å². The number of carbonyl (C=O) groups is 1. The van der Waals surface area contributed by atoms with E-state index in [1.165, 1.54) is 12.1 Å². The lowest BCUT2D eigenvalue weighted by molar-refractivity contribution is -0.120. The first kappa shape index (κ1) is 12.3. The number of primary amides is 1. The van der Waals surface area contributed by atoms with E-state index in [0.717, 1.165) is 11.4 Å². The first-order valence-electron chi connectivity index (χ1n) is 5.63. The molecule has 0 saturated carbocycles. The molecule has 0 aliphatic rings. The van der Waals surface area contributed by atoms with Gasteiger partial charge in [-0.2, -0.15) is 0 Å². The molecule has 1 aromatic heterocycles. The maximum atomic E-state index is 12.8. The van der Waals surface area contributed by atoms with Gasteiger partial charge in [0.1, 0.15) is 17.7 Å². The van der Waals surface area contributed by atoms with Gasteiger partial charge >= 0.3 is 0 Å². The normalized spacial score (nSPS) is 12.3. The molecule has 18 heavy (non-hydrogen) atoms. The van der Waals surface area contributed by atoms with Gasteiger partial charge in [-0.1, -0.05) is 12.1 Å². The van der Waals surface area contributed by atoms with Gasteiger partial charge in [-0.25, -0.2) is 9.37 Å². The standard InChI is InChI=1S/C13H14FN3O/c1-9(13(15)18)17-7-6-16-12(17)8-10-2-4-11(14)5-3-10/h2-7,9H,8H2,1H3,(H2,15,18). The number of nitrogens with two attached hydrogens (primary N) is 1. The van der Waals surface area contributed by atoms with Gasteiger partial charge in [0, 0.05) is 18.8 Å². The van der Waals surface area contributed by atoms with E-state index in [1.54, 1.807) is 36.0 Å². The Bertz CT molecular complexity index is 548. The zero-order valence-corrected chi connectivity index (χ0v) is 10.0. The van der Waals surface area contributed by atoms with Crippen LogP contribution in [0.25, 0.3) is 0 Å². The zero-order valence-electron chi connectivity index (χ0n) is 10.0. The SMILES string of the molecule is CC(C(N)=O)n1ccnc1Cc1ccc(F)cc1. The van der Waals surface area contributed by atoms with E-state index < -0.39 is 11.9 Å². The highest BCUT2D eigenvalue weighted by Crippen LogP contribution is 2.13. The van der Waals surface area contributed by atoms with Crippen molar-refractivity contribution in [2.45, 2.75) is 19.4 Å². The van der Waals surface area contributed by atoms with E-state index in [1.807, 2.05) is 0 Å². The number of hydrogen-bond donors (Lipinski definition) is 1. The summed E-state index contributed by atoms with van der Waals surface area (Å²) >= 11 is 0. The van der Waals surface area contributed by atoms with E-state index in [-0.39, 0.29) is 5.82 Å². The molecule has 0 spiro atoms. The van der Waals surface area contributed by atoms with Gasteiger partial charge in [0.2, 0.25) is 5.91 Å². The Kier molecular flexibility index (Phi) is 3.41. The molecule has 0 aliphatic carbocycles. The van der Waals surface area contributed by atoms with Crippen molar-refractivity contribution in [3.8, 4) is 0 Å². The molecule has 94 valence electrons. The summed E-state index contributed by atoms with van der Waals surface area (Å²) in [6.07, 6.45) is 3.87. The smallest absolute Gasteiger partial charge is 0.240 e. The molecule has 5 heteroatoms. The molecule has 2 aromatic rings. The van der Waals surface area contributed by atoms with E-state index in [4.69, 9.17) is 5.73 Å². The number of carbonyl (C=O) groups excluding carboxylic acids is 1. The Morgan fingerprint density at radius 1 is 1.44 bits per heavy atom. The van der Waals surface area contributed by atoms with Crippen LogP contribution in [0.1, 0.15) is 24.4 Å². The number of hydrogen-bond acceptors (Lipinski definition) is 2. The highest BCUT2D eigenvalue weighted by molar-refractivity contribution is 5.77. The van der Waals surface area contributed by atoms with Crippen LogP contribution in [0.2, 0.25) is 0 Å².